The molecule has 20 heavy (non-hydrogen) atoms. The Morgan fingerprint density at radius 3 is 2.70 bits per heavy atom. The number of carbonyl (C=O) groups excluding carboxylic acids is 1. The van der Waals surface area contributed by atoms with Crippen LogP contribution >= 0.6 is 23.5 Å². The molecule has 0 atom stereocenters. The van der Waals surface area contributed by atoms with Gasteiger partial charge in [0.05, 0.1) is 6.54 Å². The van der Waals surface area contributed by atoms with E-state index >= 15 is 0 Å². The first-order chi connectivity index (χ1) is 9.63. The molecule has 5 heteroatoms. The number of halogens is 1. The molecule has 0 aliphatic heterocycles. The van der Waals surface area contributed by atoms with Crippen molar-refractivity contribution < 1.29 is 4.79 Å². The molecule has 3 nitrogen and oxygen atoms in total. The maximum absolute atomic E-state index is 12.1. The molecule has 0 bridgehead atoms. The number of urea groups is 1. The van der Waals surface area contributed by atoms with Gasteiger partial charge in [0.25, 0.3) is 0 Å². The van der Waals surface area contributed by atoms with E-state index in [1.165, 1.54) is 17.5 Å². The van der Waals surface area contributed by atoms with Crippen LogP contribution in [0.2, 0.25) is 0 Å². The van der Waals surface area contributed by atoms with Crippen LogP contribution in [0.5, 0.6) is 0 Å². The van der Waals surface area contributed by atoms with E-state index in [2.05, 4.69) is 18.2 Å². The highest BCUT2D eigenvalue weighted by Gasteiger charge is 2.13. The molecule has 0 radical (unpaired) electrons. The number of nitrogens with zero attached hydrogens (tertiary/aromatic N) is 1. The van der Waals surface area contributed by atoms with Crippen LogP contribution in [0.1, 0.15) is 25.3 Å². The number of hydrogen-bond donors (Lipinski definition) is 1. The first-order valence-corrected chi connectivity index (χ1v) is 8.03. The summed E-state index contributed by atoms with van der Waals surface area (Å²) in [4.78, 5) is 13.8. The van der Waals surface area contributed by atoms with Gasteiger partial charge in [-0.1, -0.05) is 61.9 Å². The van der Waals surface area contributed by atoms with E-state index in [9.17, 15) is 4.79 Å². The molecule has 2 amide bonds. The largest absolute Gasteiger partial charge is 0.327 e. The topological polar surface area (TPSA) is 32.3 Å². The minimum atomic E-state index is -0.110. The Hall–Kier alpha value is -1.13. The lowest BCUT2D eigenvalue weighted by Gasteiger charge is -2.22. The number of amides is 2. The Morgan fingerprint density at radius 2 is 2.10 bits per heavy atom. The zero-order valence-electron chi connectivity index (χ0n) is 11.8. The van der Waals surface area contributed by atoms with Crippen molar-refractivity contribution >= 4 is 29.6 Å². The molecule has 0 saturated carbocycles. The highest BCUT2D eigenvalue weighted by Crippen LogP contribution is 2.10. The first-order valence-electron chi connectivity index (χ1n) is 6.67. The van der Waals surface area contributed by atoms with Crippen molar-refractivity contribution in [2.45, 2.75) is 25.5 Å². The molecule has 0 unspecified atom stereocenters. The van der Waals surface area contributed by atoms with Gasteiger partial charge in [-0.25, -0.2) is 4.79 Å². The molecule has 1 N–H and O–H groups in total. The zero-order valence-corrected chi connectivity index (χ0v) is 13.3. The van der Waals surface area contributed by atoms with E-state index < -0.39 is 0 Å². The third-order valence-electron chi connectivity index (χ3n) is 2.67. The summed E-state index contributed by atoms with van der Waals surface area (Å²) >= 11 is 7.19. The second-order valence-electron chi connectivity index (χ2n) is 4.47. The number of unbranched alkanes of at least 4 members (excludes halogenated alkanes) is 1. The first kappa shape index (κ1) is 16.9. The Morgan fingerprint density at radius 1 is 1.40 bits per heavy atom. The number of benzene rings is 1. The van der Waals surface area contributed by atoms with Crippen LogP contribution in [0.4, 0.5) is 4.79 Å². The summed E-state index contributed by atoms with van der Waals surface area (Å²) in [7, 11) is 0. The summed E-state index contributed by atoms with van der Waals surface area (Å²) in [6, 6.07) is 9.92. The summed E-state index contributed by atoms with van der Waals surface area (Å²) in [5.74, 6) is 0.746. The highest BCUT2D eigenvalue weighted by molar-refractivity contribution is 7.97. The van der Waals surface area contributed by atoms with Gasteiger partial charge < -0.3 is 4.90 Å². The molecular weight excluding hydrogens is 292 g/mol. The van der Waals surface area contributed by atoms with Crippen molar-refractivity contribution in [2.24, 2.45) is 0 Å². The molecule has 0 aliphatic rings. The van der Waals surface area contributed by atoms with Crippen molar-refractivity contribution in [3.8, 4) is 0 Å². The fourth-order valence-electron chi connectivity index (χ4n) is 1.63. The maximum atomic E-state index is 12.1. The second kappa shape index (κ2) is 9.72. The predicted octanol–water partition coefficient (Wildman–Crippen LogP) is 4.40. The average molecular weight is 313 g/mol. The monoisotopic (exact) mass is 312 g/mol. The van der Waals surface area contributed by atoms with Crippen molar-refractivity contribution in [2.75, 3.05) is 13.1 Å². The second-order valence-corrected chi connectivity index (χ2v) is 5.79. The van der Waals surface area contributed by atoms with Gasteiger partial charge in [0, 0.05) is 17.3 Å². The normalized spacial score (nSPS) is 10.1. The lowest BCUT2D eigenvalue weighted by atomic mass is 10.2. The van der Waals surface area contributed by atoms with Gasteiger partial charge in [-0.3, -0.25) is 4.72 Å². The Bertz CT molecular complexity index is 425. The van der Waals surface area contributed by atoms with E-state index in [1.807, 2.05) is 30.3 Å². The van der Waals surface area contributed by atoms with Gasteiger partial charge in [-0.15, -0.1) is 0 Å². The lowest BCUT2D eigenvalue weighted by Crippen LogP contribution is -2.38. The molecule has 1 aromatic rings. The zero-order chi connectivity index (χ0) is 14.8. The number of rotatable bonds is 8. The number of carbonyl (C=O) groups is 1. The third kappa shape index (κ3) is 6.87. The molecule has 0 aromatic heterocycles. The van der Waals surface area contributed by atoms with Gasteiger partial charge in [-0.2, -0.15) is 0 Å². The van der Waals surface area contributed by atoms with E-state index in [1.54, 1.807) is 4.90 Å². The summed E-state index contributed by atoms with van der Waals surface area (Å²) in [5.41, 5.74) is 1.18. The predicted molar refractivity (Wildman–Crippen MR) is 87.7 cm³/mol. The molecule has 1 rings (SSSR count). The summed E-state index contributed by atoms with van der Waals surface area (Å²) < 4.78 is 2.85. The Labute approximate surface area is 130 Å². The van der Waals surface area contributed by atoms with Crippen LogP contribution < -0.4 is 4.72 Å². The minimum absolute atomic E-state index is 0.110. The van der Waals surface area contributed by atoms with Crippen molar-refractivity contribution in [3.05, 3.63) is 47.5 Å². The number of nitrogens with one attached hydrogen (secondary N) is 1. The molecular formula is C15H21ClN2OS. The van der Waals surface area contributed by atoms with Crippen molar-refractivity contribution in [1.29, 1.82) is 0 Å². The highest BCUT2D eigenvalue weighted by atomic mass is 35.5. The fourth-order valence-corrected chi connectivity index (χ4v) is 2.46. The molecule has 1 aromatic carbocycles. The fraction of sp³-hybridized carbons (Fsp3) is 0.400. The van der Waals surface area contributed by atoms with Crippen LogP contribution in [0.3, 0.4) is 0 Å². The van der Waals surface area contributed by atoms with Crippen molar-refractivity contribution in [3.63, 3.8) is 0 Å². The van der Waals surface area contributed by atoms with Gasteiger partial charge in [-0.05, 0) is 23.9 Å². The van der Waals surface area contributed by atoms with Crippen LogP contribution in [-0.2, 0) is 5.75 Å². The molecule has 110 valence electrons. The molecule has 0 saturated heterocycles. The summed E-state index contributed by atoms with van der Waals surface area (Å²) in [6.07, 6.45) is 2.00. The Kier molecular flexibility index (Phi) is 8.23. The van der Waals surface area contributed by atoms with E-state index in [4.69, 9.17) is 11.6 Å². The van der Waals surface area contributed by atoms with E-state index in [0.717, 1.165) is 18.6 Å². The SMILES string of the molecule is C=C(Cl)CN(CCCC)C(=O)NSCc1ccccc1. The van der Waals surface area contributed by atoms with E-state index in [0.29, 0.717) is 18.1 Å². The van der Waals surface area contributed by atoms with Crippen LogP contribution in [-0.4, -0.2) is 24.0 Å². The van der Waals surface area contributed by atoms with Gasteiger partial charge in [0.1, 0.15) is 0 Å². The van der Waals surface area contributed by atoms with Gasteiger partial charge >= 0.3 is 6.03 Å². The summed E-state index contributed by atoms with van der Waals surface area (Å²) in [6.45, 7) is 6.83. The molecule has 0 aliphatic carbocycles. The van der Waals surface area contributed by atoms with Crippen LogP contribution in [0.25, 0.3) is 0 Å². The lowest BCUT2D eigenvalue weighted by molar-refractivity contribution is 0.209. The van der Waals surface area contributed by atoms with Crippen LogP contribution in [0, 0.1) is 0 Å². The third-order valence-corrected chi connectivity index (χ3v) is 3.59. The van der Waals surface area contributed by atoms with E-state index in [-0.39, 0.29) is 6.03 Å². The smallest absolute Gasteiger partial charge is 0.319 e. The average Bonchev–Trinajstić information content (AvgIpc) is 2.44. The molecule has 0 fully saturated rings. The maximum Gasteiger partial charge on any atom is 0.327 e. The molecule has 0 heterocycles. The number of hydrogen-bond acceptors (Lipinski definition) is 2. The van der Waals surface area contributed by atoms with Gasteiger partial charge in [0.15, 0.2) is 0 Å². The standard InChI is InChI=1S/C15H21ClN2OS/c1-3-4-10-18(11-13(2)16)15(19)17-20-12-14-8-6-5-7-9-14/h5-9H,2-4,10-12H2,1H3,(H,17,19). The Balaban J connectivity index is 2.38. The summed E-state index contributed by atoms with van der Waals surface area (Å²) in [5, 5.41) is 0.476. The van der Waals surface area contributed by atoms with Crippen LogP contribution in [0.15, 0.2) is 41.9 Å². The quantitative estimate of drug-likeness (QED) is 0.722. The minimum Gasteiger partial charge on any atom is -0.319 e. The molecule has 0 spiro atoms. The van der Waals surface area contributed by atoms with Crippen molar-refractivity contribution in [1.82, 2.24) is 9.62 Å². The van der Waals surface area contributed by atoms with Gasteiger partial charge in [0.2, 0.25) is 0 Å².